The Morgan fingerprint density at radius 1 is 1.16 bits per heavy atom. The summed E-state index contributed by atoms with van der Waals surface area (Å²) in [7, 11) is 1.85. The summed E-state index contributed by atoms with van der Waals surface area (Å²) in [5.74, 6) is -0.131. The number of halogens is 1. The molecule has 2 aromatic rings. The normalized spacial score (nSPS) is 16.0. The van der Waals surface area contributed by atoms with Crippen LogP contribution in [-0.4, -0.2) is 51.7 Å². The van der Waals surface area contributed by atoms with Gasteiger partial charge >= 0.3 is 0 Å². The van der Waals surface area contributed by atoms with Crippen molar-refractivity contribution in [2.45, 2.75) is 26.3 Å². The van der Waals surface area contributed by atoms with E-state index in [1.807, 2.05) is 37.2 Å². The highest BCUT2D eigenvalue weighted by Gasteiger charge is 2.23. The van der Waals surface area contributed by atoms with E-state index in [2.05, 4.69) is 10.00 Å². The molecule has 5 nitrogen and oxygen atoms in total. The van der Waals surface area contributed by atoms with Crippen molar-refractivity contribution in [1.29, 1.82) is 0 Å². The Hall–Kier alpha value is -2.21. The van der Waals surface area contributed by atoms with Crippen molar-refractivity contribution in [3.8, 4) is 0 Å². The number of carbonyl (C=O) groups excluding carboxylic acids is 1. The van der Waals surface area contributed by atoms with Gasteiger partial charge in [-0.05, 0) is 30.5 Å². The van der Waals surface area contributed by atoms with E-state index in [9.17, 15) is 9.18 Å². The molecule has 1 aliphatic heterocycles. The number of hydrogen-bond donors (Lipinski definition) is 0. The monoisotopic (exact) mass is 344 g/mol. The van der Waals surface area contributed by atoms with Gasteiger partial charge in [0.1, 0.15) is 5.82 Å². The van der Waals surface area contributed by atoms with Crippen LogP contribution in [0.2, 0.25) is 0 Å². The molecule has 1 fully saturated rings. The van der Waals surface area contributed by atoms with Crippen LogP contribution in [0.4, 0.5) is 4.39 Å². The minimum atomic E-state index is -0.209. The van der Waals surface area contributed by atoms with Crippen molar-refractivity contribution in [1.82, 2.24) is 19.6 Å². The maximum Gasteiger partial charge on any atom is 0.257 e. The molecule has 1 aliphatic rings. The summed E-state index contributed by atoms with van der Waals surface area (Å²) >= 11 is 0. The second-order valence-corrected chi connectivity index (χ2v) is 6.57. The van der Waals surface area contributed by atoms with Gasteiger partial charge in [-0.2, -0.15) is 5.10 Å². The van der Waals surface area contributed by atoms with Crippen LogP contribution in [0.3, 0.4) is 0 Å². The zero-order valence-electron chi connectivity index (χ0n) is 14.9. The molecule has 3 rings (SSSR count). The summed E-state index contributed by atoms with van der Waals surface area (Å²) in [6, 6.07) is 6.65. The number of hydrogen-bond acceptors (Lipinski definition) is 3. The molecule has 1 amide bonds. The van der Waals surface area contributed by atoms with E-state index in [-0.39, 0.29) is 11.7 Å². The zero-order chi connectivity index (χ0) is 17.8. The first-order valence-electron chi connectivity index (χ1n) is 8.85. The highest BCUT2D eigenvalue weighted by atomic mass is 19.1. The van der Waals surface area contributed by atoms with Crippen molar-refractivity contribution >= 4 is 5.91 Å². The Labute approximate surface area is 148 Å². The van der Waals surface area contributed by atoms with Crippen molar-refractivity contribution in [3.63, 3.8) is 0 Å². The predicted octanol–water partition coefficient (Wildman–Crippen LogP) is 2.47. The van der Waals surface area contributed by atoms with Crippen molar-refractivity contribution in [2.24, 2.45) is 7.05 Å². The Balaban J connectivity index is 1.62. The Kier molecular flexibility index (Phi) is 5.48. The quantitative estimate of drug-likeness (QED) is 0.856. The Bertz CT molecular complexity index is 726. The van der Waals surface area contributed by atoms with Gasteiger partial charge in [-0.3, -0.25) is 14.4 Å². The molecule has 2 heterocycles. The average Bonchev–Trinajstić information content (AvgIpc) is 2.84. The van der Waals surface area contributed by atoms with Gasteiger partial charge in [0.25, 0.3) is 5.91 Å². The maximum absolute atomic E-state index is 13.0. The number of carbonyl (C=O) groups is 1. The minimum Gasteiger partial charge on any atom is -0.337 e. The smallest absolute Gasteiger partial charge is 0.257 e. The van der Waals surface area contributed by atoms with Gasteiger partial charge in [-0.25, -0.2) is 4.39 Å². The topological polar surface area (TPSA) is 41.4 Å². The molecular weight excluding hydrogens is 319 g/mol. The Morgan fingerprint density at radius 2 is 1.92 bits per heavy atom. The maximum atomic E-state index is 13.0. The number of aromatic nitrogens is 2. The first-order chi connectivity index (χ1) is 12.1. The third kappa shape index (κ3) is 4.25. The van der Waals surface area contributed by atoms with E-state index < -0.39 is 0 Å². The van der Waals surface area contributed by atoms with Crippen molar-refractivity contribution in [2.75, 3.05) is 26.2 Å². The molecule has 1 aromatic heterocycles. The van der Waals surface area contributed by atoms with Crippen LogP contribution in [0.5, 0.6) is 0 Å². The number of amides is 1. The van der Waals surface area contributed by atoms with Gasteiger partial charge in [0.15, 0.2) is 0 Å². The number of benzene rings is 1. The summed E-state index contributed by atoms with van der Waals surface area (Å²) < 4.78 is 14.7. The van der Waals surface area contributed by atoms with Crippen LogP contribution >= 0.6 is 0 Å². The molecule has 1 aromatic carbocycles. The molecule has 25 heavy (non-hydrogen) atoms. The average molecular weight is 344 g/mol. The molecule has 1 saturated heterocycles. The second kappa shape index (κ2) is 7.78. The first-order valence-corrected chi connectivity index (χ1v) is 8.85. The molecule has 0 spiro atoms. The lowest BCUT2D eigenvalue weighted by molar-refractivity contribution is 0.0760. The molecule has 0 saturated carbocycles. The van der Waals surface area contributed by atoms with Gasteiger partial charge in [0.2, 0.25) is 0 Å². The van der Waals surface area contributed by atoms with Crippen LogP contribution in [0.1, 0.15) is 35.0 Å². The molecule has 0 bridgehead atoms. The lowest BCUT2D eigenvalue weighted by Gasteiger charge is -2.22. The molecular formula is C19H25FN4O. The fourth-order valence-corrected chi connectivity index (χ4v) is 3.32. The number of aryl methyl sites for hydroxylation is 2. The fraction of sp³-hybridized carbons (Fsp3) is 0.474. The molecule has 134 valence electrons. The molecule has 0 atom stereocenters. The number of rotatable bonds is 4. The fourth-order valence-electron chi connectivity index (χ4n) is 3.32. The Morgan fingerprint density at radius 3 is 2.64 bits per heavy atom. The summed E-state index contributed by atoms with van der Waals surface area (Å²) in [5, 5.41) is 4.37. The van der Waals surface area contributed by atoms with Crippen LogP contribution in [0, 0.1) is 5.82 Å². The van der Waals surface area contributed by atoms with Crippen molar-refractivity contribution < 1.29 is 9.18 Å². The van der Waals surface area contributed by atoms with E-state index in [0.29, 0.717) is 6.54 Å². The summed E-state index contributed by atoms with van der Waals surface area (Å²) in [5.41, 5.74) is 2.68. The zero-order valence-corrected chi connectivity index (χ0v) is 14.9. The van der Waals surface area contributed by atoms with Crippen LogP contribution in [0.15, 0.2) is 30.5 Å². The molecule has 6 heteroatoms. The third-order valence-electron chi connectivity index (χ3n) is 4.67. The van der Waals surface area contributed by atoms with Crippen LogP contribution in [-0.2, 0) is 20.0 Å². The predicted molar refractivity (Wildman–Crippen MR) is 94.8 cm³/mol. The van der Waals surface area contributed by atoms with E-state index in [1.54, 1.807) is 4.68 Å². The summed E-state index contributed by atoms with van der Waals surface area (Å²) in [6.45, 7) is 6.04. The van der Waals surface area contributed by atoms with Gasteiger partial charge in [-0.15, -0.1) is 0 Å². The van der Waals surface area contributed by atoms with E-state index >= 15 is 0 Å². The lowest BCUT2D eigenvalue weighted by atomic mass is 10.2. The van der Waals surface area contributed by atoms with Gasteiger partial charge in [0.05, 0.1) is 11.3 Å². The highest BCUT2D eigenvalue weighted by Crippen LogP contribution is 2.15. The highest BCUT2D eigenvalue weighted by molar-refractivity contribution is 5.95. The number of nitrogens with zero attached hydrogens (tertiary/aromatic N) is 4. The molecule has 0 aliphatic carbocycles. The van der Waals surface area contributed by atoms with Gasteiger partial charge < -0.3 is 4.90 Å². The summed E-state index contributed by atoms with van der Waals surface area (Å²) in [6.07, 6.45) is 3.52. The molecule has 0 unspecified atom stereocenters. The van der Waals surface area contributed by atoms with E-state index in [4.69, 9.17) is 0 Å². The van der Waals surface area contributed by atoms with Crippen molar-refractivity contribution in [3.05, 3.63) is 53.1 Å². The van der Waals surface area contributed by atoms with Crippen LogP contribution < -0.4 is 0 Å². The lowest BCUT2D eigenvalue weighted by Crippen LogP contribution is -2.35. The molecule has 0 radical (unpaired) electrons. The van der Waals surface area contributed by atoms with Crippen LogP contribution in [0.25, 0.3) is 0 Å². The summed E-state index contributed by atoms with van der Waals surface area (Å²) in [4.78, 5) is 17.1. The second-order valence-electron chi connectivity index (χ2n) is 6.57. The SMILES string of the molecule is CCc1nn(C)cc1C(=O)N1CCCN(Cc2ccc(F)cc2)CC1. The third-order valence-corrected chi connectivity index (χ3v) is 4.67. The van der Waals surface area contributed by atoms with E-state index in [1.165, 1.54) is 12.1 Å². The largest absolute Gasteiger partial charge is 0.337 e. The van der Waals surface area contributed by atoms with E-state index in [0.717, 1.165) is 55.8 Å². The molecule has 0 N–H and O–H groups in total. The van der Waals surface area contributed by atoms with Gasteiger partial charge in [-0.1, -0.05) is 19.1 Å². The minimum absolute atomic E-state index is 0.0774. The first kappa shape index (κ1) is 17.6. The van der Waals surface area contributed by atoms with Gasteiger partial charge in [0, 0.05) is 46.0 Å². The standard InChI is InChI=1S/C19H25FN4O/c1-3-18-17(14-22(2)21-18)19(25)24-10-4-9-23(11-12-24)13-15-5-7-16(20)8-6-15/h5-8,14H,3-4,9-13H2,1-2H3.